The molecule has 0 bridgehead atoms. The molecule has 1 N–H and O–H groups in total. The normalized spacial score (nSPS) is 14.4. The van der Waals surface area contributed by atoms with Crippen molar-refractivity contribution >= 4 is 22.8 Å². The van der Waals surface area contributed by atoms with Gasteiger partial charge in [0.15, 0.2) is 0 Å². The Morgan fingerprint density at radius 3 is 2.75 bits per heavy atom. The number of benzene rings is 1. The van der Waals surface area contributed by atoms with Crippen molar-refractivity contribution in [2.45, 2.75) is 26.7 Å². The van der Waals surface area contributed by atoms with Crippen molar-refractivity contribution in [3.63, 3.8) is 0 Å². The van der Waals surface area contributed by atoms with E-state index in [4.69, 9.17) is 19.4 Å². The summed E-state index contributed by atoms with van der Waals surface area (Å²) >= 11 is 0. The van der Waals surface area contributed by atoms with E-state index in [-0.39, 0.29) is 11.8 Å². The van der Waals surface area contributed by atoms with Crippen LogP contribution in [0.3, 0.4) is 0 Å². The number of hydrogen-bond donors (Lipinski definition) is 1. The highest BCUT2D eigenvalue weighted by atomic mass is 16.5. The minimum atomic E-state index is -0.0000499. The fourth-order valence-corrected chi connectivity index (χ4v) is 3.90. The quantitative estimate of drug-likeness (QED) is 0.544. The van der Waals surface area contributed by atoms with Crippen LogP contribution in [-0.4, -0.2) is 53.7 Å². The number of aryl methyl sites for hydroxylation is 1. The predicted octanol–water partition coefficient (Wildman–Crippen LogP) is 3.14. The van der Waals surface area contributed by atoms with Crippen LogP contribution in [0.4, 0.5) is 5.95 Å². The number of anilines is 1. The van der Waals surface area contributed by atoms with Crippen LogP contribution < -0.4 is 19.7 Å². The van der Waals surface area contributed by atoms with Crippen LogP contribution >= 0.6 is 0 Å². The van der Waals surface area contributed by atoms with Crippen molar-refractivity contribution in [1.82, 2.24) is 20.3 Å². The largest absolute Gasteiger partial charge is 0.494 e. The first-order valence-electron chi connectivity index (χ1n) is 11.1. The summed E-state index contributed by atoms with van der Waals surface area (Å²) in [5.41, 5.74) is 1.84. The first-order chi connectivity index (χ1) is 15.6. The van der Waals surface area contributed by atoms with Gasteiger partial charge in [-0.3, -0.25) is 9.78 Å². The van der Waals surface area contributed by atoms with E-state index in [1.807, 2.05) is 44.2 Å². The van der Waals surface area contributed by atoms with Crippen LogP contribution in [0.1, 0.15) is 25.5 Å². The van der Waals surface area contributed by atoms with Crippen molar-refractivity contribution < 1.29 is 14.3 Å². The fourth-order valence-electron chi connectivity index (χ4n) is 3.90. The van der Waals surface area contributed by atoms with Crippen LogP contribution in [-0.2, 0) is 4.79 Å². The molecular formula is C24H29N5O3. The zero-order chi connectivity index (χ0) is 22.3. The molecule has 4 rings (SSSR count). The summed E-state index contributed by atoms with van der Waals surface area (Å²) < 4.78 is 11.2. The molecule has 3 aromatic rings. The number of piperidine rings is 1. The number of carbonyl (C=O) groups excluding carboxylic acids is 1. The summed E-state index contributed by atoms with van der Waals surface area (Å²) in [6.07, 6.45) is 4.91. The maximum Gasteiger partial charge on any atom is 0.226 e. The molecule has 168 valence electrons. The van der Waals surface area contributed by atoms with E-state index in [0.29, 0.717) is 25.5 Å². The second-order valence-corrected chi connectivity index (χ2v) is 7.81. The van der Waals surface area contributed by atoms with E-state index in [0.717, 1.165) is 54.2 Å². The summed E-state index contributed by atoms with van der Waals surface area (Å²) in [7, 11) is 0. The number of nitrogens with zero attached hydrogens (tertiary/aromatic N) is 4. The van der Waals surface area contributed by atoms with Crippen LogP contribution in [0.5, 0.6) is 11.5 Å². The van der Waals surface area contributed by atoms with Gasteiger partial charge in [-0.1, -0.05) is 0 Å². The van der Waals surface area contributed by atoms with E-state index in [1.165, 1.54) is 0 Å². The molecule has 1 fully saturated rings. The lowest BCUT2D eigenvalue weighted by molar-refractivity contribution is -0.125. The summed E-state index contributed by atoms with van der Waals surface area (Å²) in [6.45, 7) is 7.01. The van der Waals surface area contributed by atoms with Gasteiger partial charge in [-0.15, -0.1) is 0 Å². The van der Waals surface area contributed by atoms with Crippen LogP contribution in [0.15, 0.2) is 42.7 Å². The Hall–Kier alpha value is -3.42. The summed E-state index contributed by atoms with van der Waals surface area (Å²) in [4.78, 5) is 28.2. The lowest BCUT2D eigenvalue weighted by Gasteiger charge is -2.31. The van der Waals surface area contributed by atoms with Gasteiger partial charge >= 0.3 is 0 Å². The highest BCUT2D eigenvalue weighted by molar-refractivity contribution is 5.83. The maximum atomic E-state index is 12.5. The molecule has 1 saturated heterocycles. The molecule has 1 amide bonds. The van der Waals surface area contributed by atoms with Crippen molar-refractivity contribution in [2.24, 2.45) is 5.92 Å². The van der Waals surface area contributed by atoms with Gasteiger partial charge in [-0.2, -0.15) is 0 Å². The van der Waals surface area contributed by atoms with E-state index >= 15 is 0 Å². The van der Waals surface area contributed by atoms with Gasteiger partial charge in [0.2, 0.25) is 11.9 Å². The van der Waals surface area contributed by atoms with Gasteiger partial charge in [0, 0.05) is 30.6 Å². The monoisotopic (exact) mass is 435 g/mol. The molecule has 0 aliphatic carbocycles. The number of pyridine rings is 1. The Morgan fingerprint density at radius 2 is 2.00 bits per heavy atom. The lowest BCUT2D eigenvalue weighted by Crippen LogP contribution is -2.42. The van der Waals surface area contributed by atoms with E-state index in [1.54, 1.807) is 12.4 Å². The van der Waals surface area contributed by atoms with Crippen molar-refractivity contribution in [3.8, 4) is 11.5 Å². The lowest BCUT2D eigenvalue weighted by atomic mass is 9.96. The van der Waals surface area contributed by atoms with Crippen molar-refractivity contribution in [1.29, 1.82) is 0 Å². The second kappa shape index (κ2) is 10.3. The molecule has 2 aromatic heterocycles. The van der Waals surface area contributed by atoms with Gasteiger partial charge in [0.05, 0.1) is 30.6 Å². The van der Waals surface area contributed by atoms with Gasteiger partial charge in [0.1, 0.15) is 18.1 Å². The first-order valence-corrected chi connectivity index (χ1v) is 11.1. The summed E-state index contributed by atoms with van der Waals surface area (Å²) in [5, 5.41) is 3.98. The average Bonchev–Trinajstić information content (AvgIpc) is 2.83. The van der Waals surface area contributed by atoms with Gasteiger partial charge in [-0.25, -0.2) is 9.97 Å². The minimum Gasteiger partial charge on any atom is -0.494 e. The standard InChI is InChI=1S/C24H29N5O3/c1-3-31-19-6-7-22-21(15-19)17(2)27-24(28-22)29-12-8-18(9-13-29)23(30)26-11-14-32-20-5-4-10-25-16-20/h4-7,10,15-16,18H,3,8-9,11-14H2,1-2H3,(H,26,30). The molecule has 32 heavy (non-hydrogen) atoms. The van der Waals surface area contributed by atoms with E-state index < -0.39 is 0 Å². The Balaban J connectivity index is 1.28. The molecule has 0 atom stereocenters. The van der Waals surface area contributed by atoms with E-state index in [9.17, 15) is 4.79 Å². The highest BCUT2D eigenvalue weighted by Crippen LogP contribution is 2.26. The Labute approximate surface area is 188 Å². The molecular weight excluding hydrogens is 406 g/mol. The second-order valence-electron chi connectivity index (χ2n) is 7.81. The molecule has 0 saturated carbocycles. The highest BCUT2D eigenvalue weighted by Gasteiger charge is 2.26. The molecule has 8 heteroatoms. The van der Waals surface area contributed by atoms with Crippen LogP contribution in [0, 0.1) is 12.8 Å². The molecule has 0 unspecified atom stereocenters. The Kier molecular flexibility index (Phi) is 6.99. The number of ether oxygens (including phenoxy) is 2. The molecule has 0 spiro atoms. The summed E-state index contributed by atoms with van der Waals surface area (Å²) in [6, 6.07) is 9.58. The molecule has 1 aliphatic rings. The van der Waals surface area contributed by atoms with Gasteiger partial charge in [0.25, 0.3) is 0 Å². The molecule has 8 nitrogen and oxygen atoms in total. The number of nitrogens with one attached hydrogen (secondary N) is 1. The molecule has 1 aliphatic heterocycles. The maximum absolute atomic E-state index is 12.5. The zero-order valence-electron chi connectivity index (χ0n) is 18.6. The number of amides is 1. The van der Waals surface area contributed by atoms with Gasteiger partial charge in [-0.05, 0) is 57.0 Å². The molecule has 1 aromatic carbocycles. The smallest absolute Gasteiger partial charge is 0.226 e. The van der Waals surface area contributed by atoms with Gasteiger partial charge < -0.3 is 19.7 Å². The van der Waals surface area contributed by atoms with Crippen LogP contribution in [0.25, 0.3) is 10.9 Å². The topological polar surface area (TPSA) is 89.5 Å². The number of carbonyl (C=O) groups is 1. The molecule has 0 radical (unpaired) electrons. The average molecular weight is 436 g/mol. The fraction of sp³-hybridized carbons (Fsp3) is 0.417. The molecule has 3 heterocycles. The Morgan fingerprint density at radius 1 is 1.16 bits per heavy atom. The predicted molar refractivity (Wildman–Crippen MR) is 123 cm³/mol. The number of rotatable bonds is 8. The number of fused-ring (bicyclic) bond motifs is 1. The van der Waals surface area contributed by atoms with Crippen LogP contribution in [0.2, 0.25) is 0 Å². The van der Waals surface area contributed by atoms with E-state index in [2.05, 4.69) is 15.2 Å². The number of aromatic nitrogens is 3. The minimum absolute atomic E-state index is 0.0000499. The Bertz CT molecular complexity index is 1050. The van der Waals surface area contributed by atoms with Crippen molar-refractivity contribution in [2.75, 3.05) is 37.7 Å². The third-order valence-electron chi connectivity index (χ3n) is 5.61. The first kappa shape index (κ1) is 21.8. The van der Waals surface area contributed by atoms with Crippen molar-refractivity contribution in [3.05, 3.63) is 48.4 Å². The third kappa shape index (κ3) is 5.25. The number of hydrogen-bond acceptors (Lipinski definition) is 7. The summed E-state index contributed by atoms with van der Waals surface area (Å²) in [5.74, 6) is 2.34. The third-order valence-corrected chi connectivity index (χ3v) is 5.61. The SMILES string of the molecule is CCOc1ccc2nc(N3CCC(C(=O)NCCOc4cccnc4)CC3)nc(C)c2c1. The zero-order valence-corrected chi connectivity index (χ0v) is 18.6.